The van der Waals surface area contributed by atoms with E-state index < -0.39 is 30.7 Å². The maximum absolute atomic E-state index is 12.7. The van der Waals surface area contributed by atoms with Crippen LogP contribution < -0.4 is 5.32 Å². The summed E-state index contributed by atoms with van der Waals surface area (Å²) in [4.78, 5) is 11.2. The second kappa shape index (κ2) is 7.45. The number of halogens is 3. The van der Waals surface area contributed by atoms with Crippen LogP contribution in [0.25, 0.3) is 0 Å². The molecule has 0 spiro atoms. The zero-order chi connectivity index (χ0) is 16.0. The van der Waals surface area contributed by atoms with Crippen molar-refractivity contribution < 1.29 is 23.1 Å². The van der Waals surface area contributed by atoms with E-state index in [2.05, 4.69) is 5.32 Å². The van der Waals surface area contributed by atoms with Crippen LogP contribution in [-0.4, -0.2) is 23.3 Å². The normalized spacial score (nSPS) is 15.0. The van der Waals surface area contributed by atoms with Crippen LogP contribution in [0.15, 0.2) is 30.3 Å². The Morgan fingerprint density at radius 3 is 2.24 bits per heavy atom. The number of carboxylic acids is 1. The fourth-order valence-electron chi connectivity index (χ4n) is 2.14. The molecular weight excluding hydrogens is 283 g/mol. The maximum Gasteiger partial charge on any atom is 0.390 e. The molecule has 2 N–H and O–H groups in total. The Morgan fingerprint density at radius 2 is 1.81 bits per heavy atom. The van der Waals surface area contributed by atoms with Crippen molar-refractivity contribution in [3.8, 4) is 0 Å². The second-order valence-electron chi connectivity index (χ2n) is 5.47. The highest BCUT2D eigenvalue weighted by atomic mass is 19.4. The quantitative estimate of drug-likeness (QED) is 0.806. The van der Waals surface area contributed by atoms with E-state index in [1.54, 1.807) is 30.3 Å². The van der Waals surface area contributed by atoms with Crippen LogP contribution in [0.2, 0.25) is 0 Å². The Bertz CT molecular complexity index is 446. The van der Waals surface area contributed by atoms with Gasteiger partial charge in [-0.05, 0) is 17.9 Å². The maximum atomic E-state index is 12.7. The third kappa shape index (κ3) is 6.62. The lowest BCUT2D eigenvalue weighted by atomic mass is 9.99. The summed E-state index contributed by atoms with van der Waals surface area (Å²) in [6.45, 7) is 3.66. The molecule has 0 radical (unpaired) electrons. The van der Waals surface area contributed by atoms with Gasteiger partial charge in [-0.1, -0.05) is 44.2 Å². The van der Waals surface area contributed by atoms with Gasteiger partial charge in [0.05, 0.1) is 6.42 Å². The van der Waals surface area contributed by atoms with Crippen LogP contribution in [0.3, 0.4) is 0 Å². The van der Waals surface area contributed by atoms with Crippen LogP contribution in [-0.2, 0) is 4.79 Å². The van der Waals surface area contributed by atoms with Crippen molar-refractivity contribution >= 4 is 5.97 Å². The van der Waals surface area contributed by atoms with E-state index >= 15 is 0 Å². The Balaban J connectivity index is 2.93. The number of hydrogen-bond donors (Lipinski definition) is 2. The minimum Gasteiger partial charge on any atom is -0.480 e. The molecular formula is C15H20F3NO2. The summed E-state index contributed by atoms with van der Waals surface area (Å²) in [7, 11) is 0. The standard InChI is InChI=1S/C15H20F3NO2/c1-10(2)8-12(14(20)21)19-13(9-15(16,17)18)11-6-4-3-5-7-11/h3-7,10,12-13,19H,8-9H2,1-2H3,(H,20,21). The van der Waals surface area contributed by atoms with Gasteiger partial charge in [-0.25, -0.2) is 0 Å². The topological polar surface area (TPSA) is 49.3 Å². The van der Waals surface area contributed by atoms with E-state index in [0.717, 1.165) is 0 Å². The van der Waals surface area contributed by atoms with Crippen LogP contribution in [0.4, 0.5) is 13.2 Å². The molecule has 118 valence electrons. The van der Waals surface area contributed by atoms with E-state index in [0.29, 0.717) is 5.56 Å². The third-order valence-corrected chi connectivity index (χ3v) is 3.05. The minimum absolute atomic E-state index is 0.0703. The number of carboxylic acid groups (broad SMARTS) is 1. The molecule has 1 aromatic rings. The predicted molar refractivity (Wildman–Crippen MR) is 73.9 cm³/mol. The monoisotopic (exact) mass is 303 g/mol. The molecule has 0 amide bonds. The number of nitrogens with one attached hydrogen (secondary N) is 1. The first kappa shape index (κ1) is 17.5. The Morgan fingerprint density at radius 1 is 1.24 bits per heavy atom. The molecule has 0 aliphatic carbocycles. The molecule has 21 heavy (non-hydrogen) atoms. The van der Waals surface area contributed by atoms with Crippen molar-refractivity contribution in [1.29, 1.82) is 0 Å². The molecule has 0 fully saturated rings. The number of rotatable bonds is 7. The van der Waals surface area contributed by atoms with E-state index in [-0.39, 0.29) is 12.3 Å². The molecule has 3 nitrogen and oxygen atoms in total. The first-order chi connectivity index (χ1) is 9.69. The fourth-order valence-corrected chi connectivity index (χ4v) is 2.14. The van der Waals surface area contributed by atoms with Gasteiger partial charge < -0.3 is 5.11 Å². The lowest BCUT2D eigenvalue weighted by molar-refractivity contribution is -0.147. The molecule has 0 saturated carbocycles. The van der Waals surface area contributed by atoms with Crippen LogP contribution >= 0.6 is 0 Å². The Hall–Kier alpha value is -1.56. The van der Waals surface area contributed by atoms with Crippen molar-refractivity contribution in [2.24, 2.45) is 5.92 Å². The molecule has 0 saturated heterocycles. The summed E-state index contributed by atoms with van der Waals surface area (Å²) < 4.78 is 38.2. The summed E-state index contributed by atoms with van der Waals surface area (Å²) in [5, 5.41) is 11.8. The molecule has 6 heteroatoms. The van der Waals surface area contributed by atoms with Crippen molar-refractivity contribution in [1.82, 2.24) is 5.32 Å². The van der Waals surface area contributed by atoms with Gasteiger partial charge in [-0.15, -0.1) is 0 Å². The molecule has 0 aromatic heterocycles. The van der Waals surface area contributed by atoms with Gasteiger partial charge >= 0.3 is 12.1 Å². The third-order valence-electron chi connectivity index (χ3n) is 3.05. The van der Waals surface area contributed by atoms with Crippen molar-refractivity contribution in [3.63, 3.8) is 0 Å². The molecule has 0 bridgehead atoms. The van der Waals surface area contributed by atoms with Gasteiger partial charge in [-0.3, -0.25) is 10.1 Å². The molecule has 0 aliphatic rings. The molecule has 2 atom stereocenters. The number of carbonyl (C=O) groups is 1. The van der Waals surface area contributed by atoms with Crippen molar-refractivity contribution in [3.05, 3.63) is 35.9 Å². The first-order valence-corrected chi connectivity index (χ1v) is 6.79. The molecule has 1 aromatic carbocycles. The average Bonchev–Trinajstić information content (AvgIpc) is 2.36. The smallest absolute Gasteiger partial charge is 0.390 e. The fraction of sp³-hybridized carbons (Fsp3) is 0.533. The van der Waals surface area contributed by atoms with Gasteiger partial charge in [0.2, 0.25) is 0 Å². The highest BCUT2D eigenvalue weighted by molar-refractivity contribution is 5.73. The van der Waals surface area contributed by atoms with Gasteiger partial charge in [0.1, 0.15) is 6.04 Å². The molecule has 0 heterocycles. The van der Waals surface area contributed by atoms with Crippen LogP contribution in [0.1, 0.15) is 38.3 Å². The van der Waals surface area contributed by atoms with Crippen molar-refractivity contribution in [2.75, 3.05) is 0 Å². The van der Waals surface area contributed by atoms with Gasteiger partial charge in [-0.2, -0.15) is 13.2 Å². The largest absolute Gasteiger partial charge is 0.480 e. The summed E-state index contributed by atoms with van der Waals surface area (Å²) in [5.74, 6) is -1.06. The number of hydrogen-bond acceptors (Lipinski definition) is 2. The SMILES string of the molecule is CC(C)CC(NC(CC(F)(F)F)c1ccccc1)C(=O)O. The Kier molecular flexibility index (Phi) is 6.20. The average molecular weight is 303 g/mol. The van der Waals surface area contributed by atoms with Gasteiger partial charge in [0.25, 0.3) is 0 Å². The second-order valence-corrected chi connectivity index (χ2v) is 5.47. The summed E-state index contributed by atoms with van der Waals surface area (Å²) in [5.41, 5.74) is 0.435. The van der Waals surface area contributed by atoms with E-state index in [9.17, 15) is 23.1 Å². The first-order valence-electron chi connectivity index (χ1n) is 6.79. The van der Waals surface area contributed by atoms with Crippen LogP contribution in [0.5, 0.6) is 0 Å². The number of benzene rings is 1. The summed E-state index contributed by atoms with van der Waals surface area (Å²) in [6, 6.07) is 6.05. The molecule has 2 unspecified atom stereocenters. The van der Waals surface area contributed by atoms with Gasteiger partial charge in [0, 0.05) is 6.04 Å². The summed E-state index contributed by atoms with van der Waals surface area (Å²) in [6.07, 6.45) is -5.19. The zero-order valence-corrected chi connectivity index (χ0v) is 12.0. The number of alkyl halides is 3. The predicted octanol–water partition coefficient (Wildman–Crippen LogP) is 3.77. The highest BCUT2D eigenvalue weighted by Crippen LogP contribution is 2.30. The van der Waals surface area contributed by atoms with Crippen molar-refractivity contribution in [2.45, 2.75) is 44.9 Å². The minimum atomic E-state index is -4.37. The summed E-state index contributed by atoms with van der Waals surface area (Å²) >= 11 is 0. The lowest BCUT2D eigenvalue weighted by Crippen LogP contribution is -2.41. The molecule has 1 rings (SSSR count). The van der Waals surface area contributed by atoms with Crippen LogP contribution in [0, 0.1) is 5.92 Å². The zero-order valence-electron chi connectivity index (χ0n) is 12.0. The van der Waals surface area contributed by atoms with E-state index in [4.69, 9.17) is 0 Å². The van der Waals surface area contributed by atoms with E-state index in [1.165, 1.54) is 0 Å². The number of aliphatic carboxylic acids is 1. The van der Waals surface area contributed by atoms with E-state index in [1.807, 2.05) is 13.8 Å². The molecule has 0 aliphatic heterocycles. The van der Waals surface area contributed by atoms with Gasteiger partial charge in [0.15, 0.2) is 0 Å². The lowest BCUT2D eigenvalue weighted by Gasteiger charge is -2.25. The highest BCUT2D eigenvalue weighted by Gasteiger charge is 2.34. The Labute approximate surface area is 122 Å².